The van der Waals surface area contributed by atoms with Gasteiger partial charge in [0, 0.05) is 35.5 Å². The maximum Gasteiger partial charge on any atom is 0.220 e. The molecule has 1 aliphatic carbocycles. The lowest BCUT2D eigenvalue weighted by molar-refractivity contribution is -0.122. The number of nitrogens with one attached hydrogen (secondary N) is 2. The fourth-order valence-corrected chi connectivity index (χ4v) is 2.99. The van der Waals surface area contributed by atoms with Crippen LogP contribution >= 0.6 is 0 Å². The van der Waals surface area contributed by atoms with Gasteiger partial charge in [0.15, 0.2) is 0 Å². The van der Waals surface area contributed by atoms with E-state index in [9.17, 15) is 4.79 Å². The number of benzene rings is 1. The Morgan fingerprint density at radius 1 is 1.37 bits per heavy atom. The van der Waals surface area contributed by atoms with Gasteiger partial charge in [0.25, 0.3) is 0 Å². The Morgan fingerprint density at radius 2 is 2.16 bits per heavy atom. The number of fused-ring (bicyclic) bond motifs is 3. The highest BCUT2D eigenvalue weighted by Crippen LogP contribution is 2.29. The average Bonchev–Trinajstić information content (AvgIpc) is 2.84. The van der Waals surface area contributed by atoms with Crippen LogP contribution in [0, 0.1) is 5.92 Å². The van der Waals surface area contributed by atoms with Crippen LogP contribution in [-0.2, 0) is 17.6 Å². The van der Waals surface area contributed by atoms with Gasteiger partial charge in [-0.05, 0) is 24.0 Å². The van der Waals surface area contributed by atoms with Crippen molar-refractivity contribution in [2.24, 2.45) is 5.92 Å². The number of aromatic nitrogens is 1. The SMILES string of the molecule is CC(C)CC(=O)NC1Cc2[nH]c3ccccc3c2C1. The van der Waals surface area contributed by atoms with E-state index in [1.165, 1.54) is 22.2 Å². The van der Waals surface area contributed by atoms with E-state index < -0.39 is 0 Å². The molecule has 1 unspecified atom stereocenters. The van der Waals surface area contributed by atoms with E-state index in [0.29, 0.717) is 12.3 Å². The lowest BCUT2D eigenvalue weighted by Gasteiger charge is -2.13. The minimum atomic E-state index is 0.175. The standard InChI is InChI=1S/C16H20N2O/c1-10(2)7-16(19)17-11-8-13-12-5-3-4-6-14(12)18-15(13)9-11/h3-6,10-11,18H,7-9H2,1-2H3,(H,17,19). The predicted molar refractivity (Wildman–Crippen MR) is 77.1 cm³/mol. The number of aromatic amines is 1. The molecule has 2 N–H and O–H groups in total. The first-order chi connectivity index (χ1) is 9.13. The minimum absolute atomic E-state index is 0.175. The molecule has 1 amide bonds. The summed E-state index contributed by atoms with van der Waals surface area (Å²) in [4.78, 5) is 15.3. The minimum Gasteiger partial charge on any atom is -0.358 e. The van der Waals surface area contributed by atoms with Gasteiger partial charge in [-0.1, -0.05) is 32.0 Å². The lowest BCUT2D eigenvalue weighted by atomic mass is 10.1. The quantitative estimate of drug-likeness (QED) is 0.871. The van der Waals surface area contributed by atoms with Crippen LogP contribution in [0.3, 0.4) is 0 Å². The van der Waals surface area contributed by atoms with Crippen molar-refractivity contribution in [3.63, 3.8) is 0 Å². The van der Waals surface area contributed by atoms with Crippen molar-refractivity contribution < 1.29 is 4.79 Å². The molecular weight excluding hydrogens is 236 g/mol. The molecule has 0 saturated heterocycles. The maximum absolute atomic E-state index is 11.8. The molecule has 0 bridgehead atoms. The van der Waals surface area contributed by atoms with Gasteiger partial charge in [0.05, 0.1) is 0 Å². The first kappa shape index (κ1) is 12.3. The molecule has 3 rings (SSSR count). The zero-order chi connectivity index (χ0) is 13.4. The average molecular weight is 256 g/mol. The summed E-state index contributed by atoms with van der Waals surface area (Å²) in [6.07, 6.45) is 2.49. The van der Waals surface area contributed by atoms with Gasteiger partial charge in [-0.2, -0.15) is 0 Å². The van der Waals surface area contributed by atoms with Gasteiger partial charge < -0.3 is 10.3 Å². The van der Waals surface area contributed by atoms with Crippen LogP contribution in [0.25, 0.3) is 10.9 Å². The van der Waals surface area contributed by atoms with Crippen LogP contribution in [0.2, 0.25) is 0 Å². The summed E-state index contributed by atoms with van der Waals surface area (Å²) in [7, 11) is 0. The molecule has 3 nitrogen and oxygen atoms in total. The van der Waals surface area contributed by atoms with Crippen LogP contribution in [0.1, 0.15) is 31.5 Å². The Kier molecular flexibility index (Phi) is 3.05. The first-order valence-corrected chi connectivity index (χ1v) is 7.01. The van der Waals surface area contributed by atoms with Crippen molar-refractivity contribution in [1.82, 2.24) is 10.3 Å². The fourth-order valence-electron chi connectivity index (χ4n) is 2.99. The molecule has 1 aliphatic rings. The fraction of sp³-hybridized carbons (Fsp3) is 0.438. The zero-order valence-electron chi connectivity index (χ0n) is 11.5. The molecule has 1 aromatic heterocycles. The van der Waals surface area contributed by atoms with Crippen molar-refractivity contribution >= 4 is 16.8 Å². The Labute approximate surface area is 113 Å². The van der Waals surface area contributed by atoms with Crippen molar-refractivity contribution in [3.8, 4) is 0 Å². The molecule has 1 atom stereocenters. The maximum atomic E-state index is 11.8. The molecule has 19 heavy (non-hydrogen) atoms. The summed E-state index contributed by atoms with van der Waals surface area (Å²) in [6, 6.07) is 8.65. The molecule has 1 heterocycles. The summed E-state index contributed by atoms with van der Waals surface area (Å²) in [5.74, 6) is 0.592. The van der Waals surface area contributed by atoms with Gasteiger partial charge in [0.1, 0.15) is 0 Å². The smallest absolute Gasteiger partial charge is 0.220 e. The van der Waals surface area contributed by atoms with E-state index in [0.717, 1.165) is 12.8 Å². The van der Waals surface area contributed by atoms with E-state index >= 15 is 0 Å². The lowest BCUT2D eigenvalue weighted by Crippen LogP contribution is -2.36. The highest BCUT2D eigenvalue weighted by molar-refractivity contribution is 5.85. The zero-order valence-corrected chi connectivity index (χ0v) is 11.5. The van der Waals surface area contributed by atoms with Crippen molar-refractivity contribution in [2.45, 2.75) is 39.2 Å². The number of hydrogen-bond donors (Lipinski definition) is 2. The number of hydrogen-bond acceptors (Lipinski definition) is 1. The van der Waals surface area contributed by atoms with Gasteiger partial charge in [-0.25, -0.2) is 0 Å². The highest BCUT2D eigenvalue weighted by atomic mass is 16.1. The Morgan fingerprint density at radius 3 is 2.95 bits per heavy atom. The number of H-pyrrole nitrogens is 1. The number of amides is 1. The van der Waals surface area contributed by atoms with Crippen LogP contribution in [-0.4, -0.2) is 16.9 Å². The number of para-hydroxylation sites is 1. The number of rotatable bonds is 3. The third-order valence-corrected chi connectivity index (χ3v) is 3.76. The largest absolute Gasteiger partial charge is 0.358 e. The predicted octanol–water partition coefficient (Wildman–Crippen LogP) is 2.80. The van der Waals surface area contributed by atoms with Crippen LogP contribution in [0.4, 0.5) is 0 Å². The van der Waals surface area contributed by atoms with Crippen LogP contribution < -0.4 is 5.32 Å². The second-order valence-corrected chi connectivity index (χ2v) is 5.90. The first-order valence-electron chi connectivity index (χ1n) is 7.01. The monoisotopic (exact) mass is 256 g/mol. The van der Waals surface area contributed by atoms with Crippen LogP contribution in [0.5, 0.6) is 0 Å². The molecule has 0 spiro atoms. The second-order valence-electron chi connectivity index (χ2n) is 5.90. The van der Waals surface area contributed by atoms with Crippen LogP contribution in [0.15, 0.2) is 24.3 Å². The summed E-state index contributed by atoms with van der Waals surface area (Å²) in [5, 5.41) is 4.45. The molecule has 100 valence electrons. The van der Waals surface area contributed by atoms with E-state index in [2.05, 4.69) is 48.4 Å². The van der Waals surface area contributed by atoms with E-state index in [1.54, 1.807) is 0 Å². The molecule has 1 aromatic carbocycles. The number of carbonyl (C=O) groups excluding carboxylic acids is 1. The van der Waals surface area contributed by atoms with Crippen molar-refractivity contribution in [1.29, 1.82) is 0 Å². The van der Waals surface area contributed by atoms with E-state index in [-0.39, 0.29) is 11.9 Å². The van der Waals surface area contributed by atoms with Gasteiger partial charge in [-0.15, -0.1) is 0 Å². The van der Waals surface area contributed by atoms with E-state index in [1.807, 2.05) is 0 Å². The molecule has 0 aliphatic heterocycles. The summed E-state index contributed by atoms with van der Waals surface area (Å²) >= 11 is 0. The normalized spacial score (nSPS) is 17.9. The third-order valence-electron chi connectivity index (χ3n) is 3.76. The Bertz CT molecular complexity index is 612. The van der Waals surface area contributed by atoms with Gasteiger partial charge in [0.2, 0.25) is 5.91 Å². The topological polar surface area (TPSA) is 44.9 Å². The summed E-state index contributed by atoms with van der Waals surface area (Å²) in [6.45, 7) is 4.15. The molecule has 2 aromatic rings. The Hall–Kier alpha value is -1.77. The summed E-state index contributed by atoms with van der Waals surface area (Å²) < 4.78 is 0. The number of carbonyl (C=O) groups is 1. The van der Waals surface area contributed by atoms with Gasteiger partial charge in [-0.3, -0.25) is 4.79 Å². The molecular formula is C16H20N2O. The van der Waals surface area contributed by atoms with E-state index in [4.69, 9.17) is 0 Å². The van der Waals surface area contributed by atoms with Crippen molar-refractivity contribution in [2.75, 3.05) is 0 Å². The third kappa shape index (κ3) is 2.37. The Balaban J connectivity index is 1.72. The molecule has 0 saturated carbocycles. The molecule has 0 fully saturated rings. The molecule has 0 radical (unpaired) electrons. The molecule has 3 heteroatoms. The summed E-state index contributed by atoms with van der Waals surface area (Å²) in [5.41, 5.74) is 3.88. The van der Waals surface area contributed by atoms with Gasteiger partial charge >= 0.3 is 0 Å². The van der Waals surface area contributed by atoms with Crippen molar-refractivity contribution in [3.05, 3.63) is 35.5 Å². The highest BCUT2D eigenvalue weighted by Gasteiger charge is 2.26. The second kappa shape index (κ2) is 4.72.